The van der Waals surface area contributed by atoms with Crippen molar-refractivity contribution in [2.24, 2.45) is 5.92 Å². The number of methoxy groups -OCH3 is 1. The lowest BCUT2D eigenvalue weighted by Crippen LogP contribution is -2.34. The van der Waals surface area contributed by atoms with Crippen LogP contribution in [0.15, 0.2) is 0 Å². The number of ether oxygens (including phenoxy) is 1. The molecule has 0 aromatic carbocycles. The van der Waals surface area contributed by atoms with Gasteiger partial charge in [-0.3, -0.25) is 0 Å². The minimum atomic E-state index is -2.73. The summed E-state index contributed by atoms with van der Waals surface area (Å²) in [5.41, 5.74) is 0. The van der Waals surface area contributed by atoms with Crippen molar-refractivity contribution in [1.29, 1.82) is 0 Å². The molecule has 5 nitrogen and oxygen atoms in total. The summed E-state index contributed by atoms with van der Waals surface area (Å²) in [4.78, 5) is 2.20. The van der Waals surface area contributed by atoms with Gasteiger partial charge in [0.25, 0.3) is 0 Å². The molecule has 0 bridgehead atoms. The second kappa shape index (κ2) is 7.31. The van der Waals surface area contributed by atoms with Gasteiger partial charge in [0.15, 0.2) is 9.84 Å². The third-order valence-electron chi connectivity index (χ3n) is 3.05. The summed E-state index contributed by atoms with van der Waals surface area (Å²) < 4.78 is 27.6. The topological polar surface area (TPSA) is 58.6 Å². The summed E-state index contributed by atoms with van der Waals surface area (Å²) >= 11 is 0. The predicted octanol–water partition coefficient (Wildman–Crippen LogP) is -0.411. The molecule has 0 aromatic heterocycles. The predicted molar refractivity (Wildman–Crippen MR) is 69.0 cm³/mol. The first-order valence-electron chi connectivity index (χ1n) is 6.12. The Bertz CT molecular complexity index is 306. The SMILES string of the molecule is COCCNCCN(C)CC1CCS(=O)(=O)C1. The van der Waals surface area contributed by atoms with E-state index in [1.165, 1.54) is 0 Å². The van der Waals surface area contributed by atoms with Crippen molar-refractivity contribution >= 4 is 9.84 Å². The Morgan fingerprint density at radius 1 is 1.41 bits per heavy atom. The minimum absolute atomic E-state index is 0.323. The van der Waals surface area contributed by atoms with Crippen LogP contribution in [-0.2, 0) is 14.6 Å². The highest BCUT2D eigenvalue weighted by Gasteiger charge is 2.28. The van der Waals surface area contributed by atoms with E-state index in [9.17, 15) is 8.42 Å². The van der Waals surface area contributed by atoms with Crippen LogP contribution in [0, 0.1) is 5.92 Å². The smallest absolute Gasteiger partial charge is 0.150 e. The molecular formula is C11H24N2O3S. The number of nitrogens with one attached hydrogen (secondary N) is 1. The third-order valence-corrected chi connectivity index (χ3v) is 4.89. The second-order valence-electron chi connectivity index (χ2n) is 4.77. The molecule has 1 unspecified atom stereocenters. The van der Waals surface area contributed by atoms with E-state index in [0.29, 0.717) is 17.4 Å². The zero-order valence-electron chi connectivity index (χ0n) is 10.8. The van der Waals surface area contributed by atoms with E-state index in [1.54, 1.807) is 7.11 Å². The molecule has 102 valence electrons. The molecule has 6 heteroatoms. The van der Waals surface area contributed by atoms with Gasteiger partial charge < -0.3 is 15.0 Å². The van der Waals surface area contributed by atoms with Gasteiger partial charge in [-0.2, -0.15) is 0 Å². The molecule has 0 aliphatic carbocycles. The summed E-state index contributed by atoms with van der Waals surface area (Å²) in [6.07, 6.45) is 0.823. The number of likely N-dealkylation sites (N-methyl/N-ethyl adjacent to an activating group) is 1. The Hall–Kier alpha value is -0.170. The van der Waals surface area contributed by atoms with Crippen LogP contribution >= 0.6 is 0 Å². The van der Waals surface area contributed by atoms with Crippen molar-refractivity contribution in [2.45, 2.75) is 6.42 Å². The molecule has 1 N–H and O–H groups in total. The zero-order valence-corrected chi connectivity index (χ0v) is 11.6. The van der Waals surface area contributed by atoms with Gasteiger partial charge in [0.1, 0.15) is 0 Å². The van der Waals surface area contributed by atoms with Crippen LogP contribution in [0.5, 0.6) is 0 Å². The van der Waals surface area contributed by atoms with Crippen LogP contribution in [0.2, 0.25) is 0 Å². The summed E-state index contributed by atoms with van der Waals surface area (Å²) in [6.45, 7) is 4.33. The Morgan fingerprint density at radius 3 is 2.76 bits per heavy atom. The minimum Gasteiger partial charge on any atom is -0.383 e. The maximum Gasteiger partial charge on any atom is 0.150 e. The van der Waals surface area contributed by atoms with Gasteiger partial charge in [-0.15, -0.1) is 0 Å². The van der Waals surface area contributed by atoms with E-state index in [1.807, 2.05) is 7.05 Å². The lowest BCUT2D eigenvalue weighted by atomic mass is 10.1. The number of nitrogens with zero attached hydrogens (tertiary/aromatic N) is 1. The maximum absolute atomic E-state index is 11.3. The molecule has 1 aliphatic heterocycles. The zero-order chi connectivity index (χ0) is 12.7. The Kier molecular flexibility index (Phi) is 6.40. The first-order chi connectivity index (χ1) is 8.03. The Labute approximate surface area is 104 Å². The van der Waals surface area contributed by atoms with Gasteiger partial charge in [0, 0.05) is 33.3 Å². The van der Waals surface area contributed by atoms with Gasteiger partial charge >= 0.3 is 0 Å². The average Bonchev–Trinajstić information content (AvgIpc) is 2.57. The van der Waals surface area contributed by atoms with E-state index in [0.717, 1.165) is 39.2 Å². The van der Waals surface area contributed by atoms with Crippen molar-refractivity contribution in [3.63, 3.8) is 0 Å². The van der Waals surface area contributed by atoms with Gasteiger partial charge in [0.2, 0.25) is 0 Å². The first kappa shape index (κ1) is 14.9. The first-order valence-corrected chi connectivity index (χ1v) is 7.94. The number of rotatable bonds is 8. The largest absolute Gasteiger partial charge is 0.383 e. The van der Waals surface area contributed by atoms with Gasteiger partial charge in [-0.25, -0.2) is 8.42 Å². The molecular weight excluding hydrogens is 240 g/mol. The molecule has 0 radical (unpaired) electrons. The maximum atomic E-state index is 11.3. The van der Waals surface area contributed by atoms with Crippen LogP contribution in [0.4, 0.5) is 0 Å². The molecule has 0 spiro atoms. The van der Waals surface area contributed by atoms with Crippen molar-refractivity contribution in [1.82, 2.24) is 10.2 Å². The molecule has 1 fully saturated rings. The lowest BCUT2D eigenvalue weighted by Gasteiger charge is -2.20. The summed E-state index contributed by atoms with van der Waals surface area (Å²) in [5, 5.41) is 3.27. The highest BCUT2D eigenvalue weighted by atomic mass is 32.2. The van der Waals surface area contributed by atoms with Crippen LogP contribution in [0.25, 0.3) is 0 Å². The summed E-state index contributed by atoms with van der Waals surface area (Å²) in [5.74, 6) is 1.07. The fourth-order valence-corrected chi connectivity index (χ4v) is 3.97. The van der Waals surface area contributed by atoms with Gasteiger partial charge in [-0.05, 0) is 19.4 Å². The van der Waals surface area contributed by atoms with Crippen LogP contribution in [0.3, 0.4) is 0 Å². The number of hydrogen-bond acceptors (Lipinski definition) is 5. The molecule has 1 rings (SSSR count). The fraction of sp³-hybridized carbons (Fsp3) is 1.00. The summed E-state index contributed by atoms with van der Waals surface area (Å²) in [6, 6.07) is 0. The Morgan fingerprint density at radius 2 is 2.18 bits per heavy atom. The van der Waals surface area contributed by atoms with E-state index in [4.69, 9.17) is 4.74 Å². The molecule has 1 heterocycles. The third kappa shape index (κ3) is 6.35. The van der Waals surface area contributed by atoms with Crippen LogP contribution in [-0.4, -0.2) is 71.8 Å². The fourth-order valence-electron chi connectivity index (χ4n) is 2.12. The Balaban J connectivity index is 2.07. The quantitative estimate of drug-likeness (QED) is 0.604. The molecule has 0 saturated carbocycles. The van der Waals surface area contributed by atoms with Crippen molar-refractivity contribution < 1.29 is 13.2 Å². The second-order valence-corrected chi connectivity index (χ2v) is 7.00. The van der Waals surface area contributed by atoms with E-state index < -0.39 is 9.84 Å². The number of hydrogen-bond donors (Lipinski definition) is 1. The van der Waals surface area contributed by atoms with Crippen LogP contribution in [0.1, 0.15) is 6.42 Å². The van der Waals surface area contributed by atoms with E-state index in [-0.39, 0.29) is 0 Å². The van der Waals surface area contributed by atoms with E-state index >= 15 is 0 Å². The highest BCUT2D eigenvalue weighted by Crippen LogP contribution is 2.18. The molecule has 1 aliphatic rings. The van der Waals surface area contributed by atoms with Crippen LogP contribution < -0.4 is 5.32 Å². The van der Waals surface area contributed by atoms with Crippen molar-refractivity contribution in [3.8, 4) is 0 Å². The molecule has 0 amide bonds. The average molecular weight is 264 g/mol. The monoisotopic (exact) mass is 264 g/mol. The lowest BCUT2D eigenvalue weighted by molar-refractivity contribution is 0.197. The van der Waals surface area contributed by atoms with Crippen molar-refractivity contribution in [3.05, 3.63) is 0 Å². The van der Waals surface area contributed by atoms with Crippen molar-refractivity contribution in [2.75, 3.05) is 58.4 Å². The van der Waals surface area contributed by atoms with E-state index in [2.05, 4.69) is 10.2 Å². The highest BCUT2D eigenvalue weighted by molar-refractivity contribution is 7.91. The van der Waals surface area contributed by atoms with Gasteiger partial charge in [-0.1, -0.05) is 0 Å². The molecule has 1 atom stereocenters. The summed E-state index contributed by atoms with van der Waals surface area (Å²) in [7, 11) is 1.00. The molecule has 17 heavy (non-hydrogen) atoms. The molecule has 0 aromatic rings. The van der Waals surface area contributed by atoms with Gasteiger partial charge in [0.05, 0.1) is 18.1 Å². The number of sulfone groups is 1. The normalized spacial score (nSPS) is 23.4. The molecule has 1 saturated heterocycles. The standard InChI is InChI=1S/C11H24N2O3S/c1-13(6-4-12-5-7-16-2)9-11-3-8-17(14,15)10-11/h11-12H,3-10H2,1-2H3.